The molecule has 0 atom stereocenters. The topological polar surface area (TPSA) is 61.4 Å². The van der Waals surface area contributed by atoms with Gasteiger partial charge in [0.15, 0.2) is 0 Å². The maximum absolute atomic E-state index is 12.1. The number of nitrogens with one attached hydrogen (secondary N) is 2. The average Bonchev–Trinajstić information content (AvgIpc) is 2.34. The maximum atomic E-state index is 12.1. The molecule has 0 spiro atoms. The highest BCUT2D eigenvalue weighted by molar-refractivity contribution is 14.1. The van der Waals surface area contributed by atoms with Gasteiger partial charge in [0.05, 0.1) is 10.7 Å². The van der Waals surface area contributed by atoms with E-state index in [0.717, 1.165) is 3.57 Å². The Hall–Kier alpha value is -0.0900. The molecule has 1 saturated heterocycles. The molecule has 0 unspecified atom stereocenters. The van der Waals surface area contributed by atoms with Crippen LogP contribution < -0.4 is 10.0 Å². The first-order valence-corrected chi connectivity index (χ1v) is 8.32. The molecule has 2 N–H and O–H groups in total. The number of rotatable bonds is 3. The molecule has 1 aliphatic heterocycles. The van der Waals surface area contributed by atoms with Gasteiger partial charge in [-0.2, -0.15) is 12.7 Å². The molecular weight excluding hydrogens is 389 g/mol. The quantitative estimate of drug-likeness (QED) is 0.755. The van der Waals surface area contributed by atoms with Gasteiger partial charge in [0.2, 0.25) is 0 Å². The van der Waals surface area contributed by atoms with Crippen LogP contribution in [0.4, 0.5) is 5.69 Å². The van der Waals surface area contributed by atoms with Crippen molar-refractivity contribution < 1.29 is 8.42 Å². The van der Waals surface area contributed by atoms with E-state index in [1.807, 2.05) is 6.07 Å². The van der Waals surface area contributed by atoms with E-state index in [1.54, 1.807) is 12.1 Å². The smallest absolute Gasteiger partial charge is 0.301 e. The molecule has 8 heteroatoms. The first-order chi connectivity index (χ1) is 8.49. The van der Waals surface area contributed by atoms with Crippen LogP contribution in [0.3, 0.4) is 0 Å². The van der Waals surface area contributed by atoms with Crippen LogP contribution in [0.15, 0.2) is 18.2 Å². The van der Waals surface area contributed by atoms with Gasteiger partial charge in [0.1, 0.15) is 0 Å². The lowest BCUT2D eigenvalue weighted by Crippen LogP contribution is -2.48. The van der Waals surface area contributed by atoms with Gasteiger partial charge < -0.3 is 5.32 Å². The highest BCUT2D eigenvalue weighted by atomic mass is 127. The zero-order valence-electron chi connectivity index (χ0n) is 9.49. The van der Waals surface area contributed by atoms with Crippen molar-refractivity contribution in [2.75, 3.05) is 30.9 Å². The van der Waals surface area contributed by atoms with Gasteiger partial charge in [-0.1, -0.05) is 11.6 Å². The van der Waals surface area contributed by atoms with Crippen LogP contribution >= 0.6 is 34.2 Å². The molecule has 1 aromatic carbocycles. The second kappa shape index (κ2) is 5.91. The van der Waals surface area contributed by atoms with Crippen LogP contribution in [0.5, 0.6) is 0 Å². The minimum atomic E-state index is -3.52. The van der Waals surface area contributed by atoms with Crippen LogP contribution in [0, 0.1) is 3.57 Å². The minimum Gasteiger partial charge on any atom is -0.314 e. The third-order valence-corrected chi connectivity index (χ3v) is 5.09. The lowest BCUT2D eigenvalue weighted by atomic mass is 10.3. The van der Waals surface area contributed by atoms with Crippen molar-refractivity contribution in [1.82, 2.24) is 9.62 Å². The Morgan fingerprint density at radius 1 is 1.33 bits per heavy atom. The number of nitrogens with zero attached hydrogens (tertiary/aromatic N) is 1. The molecule has 0 bridgehead atoms. The largest absolute Gasteiger partial charge is 0.314 e. The molecule has 0 aromatic heterocycles. The van der Waals surface area contributed by atoms with E-state index >= 15 is 0 Å². The van der Waals surface area contributed by atoms with Crippen LogP contribution in [-0.2, 0) is 10.2 Å². The SMILES string of the molecule is O=S(=O)(Nc1ccc(I)cc1Cl)N1CCNCC1. The third kappa shape index (κ3) is 3.47. The van der Waals surface area contributed by atoms with Crippen molar-refractivity contribution in [2.24, 2.45) is 0 Å². The summed E-state index contributed by atoms with van der Waals surface area (Å²) in [5, 5.41) is 3.51. The fraction of sp³-hybridized carbons (Fsp3) is 0.400. The van der Waals surface area contributed by atoms with E-state index in [4.69, 9.17) is 11.6 Å². The second-order valence-corrected chi connectivity index (χ2v) is 7.20. The molecule has 1 fully saturated rings. The molecule has 2 rings (SSSR count). The molecule has 0 saturated carbocycles. The molecule has 1 heterocycles. The van der Waals surface area contributed by atoms with Gasteiger partial charge in [-0.15, -0.1) is 0 Å². The molecule has 1 aliphatic rings. The number of hydrogen-bond acceptors (Lipinski definition) is 3. The molecule has 5 nitrogen and oxygen atoms in total. The Morgan fingerprint density at radius 3 is 2.61 bits per heavy atom. The number of piperazine rings is 1. The Bertz CT molecular complexity index is 532. The van der Waals surface area contributed by atoms with Crippen LogP contribution in [0.25, 0.3) is 0 Å². The van der Waals surface area contributed by atoms with Gasteiger partial charge in [0.25, 0.3) is 0 Å². The average molecular weight is 402 g/mol. The summed E-state index contributed by atoms with van der Waals surface area (Å²) in [4.78, 5) is 0. The molecule has 0 aliphatic carbocycles. The molecule has 0 amide bonds. The summed E-state index contributed by atoms with van der Waals surface area (Å²) in [6, 6.07) is 5.20. The van der Waals surface area contributed by atoms with Gasteiger partial charge in [-0.3, -0.25) is 4.72 Å². The van der Waals surface area contributed by atoms with E-state index in [9.17, 15) is 8.42 Å². The summed E-state index contributed by atoms with van der Waals surface area (Å²) < 4.78 is 29.1. The highest BCUT2D eigenvalue weighted by Crippen LogP contribution is 2.25. The summed E-state index contributed by atoms with van der Waals surface area (Å²) >= 11 is 8.13. The highest BCUT2D eigenvalue weighted by Gasteiger charge is 2.24. The zero-order valence-corrected chi connectivity index (χ0v) is 13.2. The number of halogens is 2. The Morgan fingerprint density at radius 2 is 2.00 bits per heavy atom. The Labute approximate surface area is 125 Å². The van der Waals surface area contributed by atoms with Crippen LogP contribution in [0.1, 0.15) is 0 Å². The summed E-state index contributed by atoms with van der Waals surface area (Å²) in [6.07, 6.45) is 0. The molecule has 0 radical (unpaired) electrons. The van der Waals surface area contributed by atoms with E-state index in [1.165, 1.54) is 4.31 Å². The summed E-state index contributed by atoms with van der Waals surface area (Å²) in [5.74, 6) is 0. The lowest BCUT2D eigenvalue weighted by molar-refractivity contribution is 0.362. The van der Waals surface area contributed by atoms with E-state index in [0.29, 0.717) is 36.9 Å². The monoisotopic (exact) mass is 401 g/mol. The number of benzene rings is 1. The Balaban J connectivity index is 2.16. The van der Waals surface area contributed by atoms with Crippen molar-refractivity contribution in [3.63, 3.8) is 0 Å². The zero-order chi connectivity index (χ0) is 13.2. The van der Waals surface area contributed by atoms with Crippen LogP contribution in [-0.4, -0.2) is 38.9 Å². The van der Waals surface area contributed by atoms with Crippen LogP contribution in [0.2, 0.25) is 5.02 Å². The number of hydrogen-bond donors (Lipinski definition) is 2. The van der Waals surface area contributed by atoms with Gasteiger partial charge in [-0.25, -0.2) is 0 Å². The van der Waals surface area contributed by atoms with Gasteiger partial charge in [-0.05, 0) is 40.8 Å². The Kier molecular flexibility index (Phi) is 4.70. The maximum Gasteiger partial charge on any atom is 0.301 e. The van der Waals surface area contributed by atoms with Crippen molar-refractivity contribution >= 4 is 50.1 Å². The fourth-order valence-corrected chi connectivity index (χ4v) is 3.87. The van der Waals surface area contributed by atoms with Crippen molar-refractivity contribution in [3.8, 4) is 0 Å². The van der Waals surface area contributed by atoms with Crippen molar-refractivity contribution in [2.45, 2.75) is 0 Å². The molecule has 18 heavy (non-hydrogen) atoms. The minimum absolute atomic E-state index is 0.403. The summed E-state index contributed by atoms with van der Waals surface area (Å²) in [7, 11) is -3.52. The molecule has 100 valence electrons. The van der Waals surface area contributed by atoms with Gasteiger partial charge >= 0.3 is 10.2 Å². The fourth-order valence-electron chi connectivity index (χ4n) is 1.66. The van der Waals surface area contributed by atoms with E-state index in [2.05, 4.69) is 32.6 Å². The van der Waals surface area contributed by atoms with Gasteiger partial charge in [0, 0.05) is 29.7 Å². The first kappa shape index (κ1) is 14.3. The normalized spacial score (nSPS) is 17.7. The number of anilines is 1. The lowest BCUT2D eigenvalue weighted by Gasteiger charge is -2.27. The van der Waals surface area contributed by atoms with E-state index in [-0.39, 0.29) is 0 Å². The van der Waals surface area contributed by atoms with E-state index < -0.39 is 10.2 Å². The molecular formula is C10H13ClIN3O2S. The van der Waals surface area contributed by atoms with Crippen molar-refractivity contribution in [3.05, 3.63) is 26.8 Å². The second-order valence-electron chi connectivity index (χ2n) is 3.88. The molecule has 1 aromatic rings. The third-order valence-electron chi connectivity index (χ3n) is 2.59. The standard InChI is InChI=1S/C10H13ClIN3O2S/c11-9-7-8(12)1-2-10(9)14-18(16,17)15-5-3-13-4-6-15/h1-2,7,13-14H,3-6H2. The first-order valence-electron chi connectivity index (χ1n) is 5.43. The summed E-state index contributed by atoms with van der Waals surface area (Å²) in [6.45, 7) is 2.28. The predicted molar refractivity (Wildman–Crippen MR) is 81.2 cm³/mol. The summed E-state index contributed by atoms with van der Waals surface area (Å²) in [5.41, 5.74) is 0.413. The van der Waals surface area contributed by atoms with Crippen molar-refractivity contribution in [1.29, 1.82) is 0 Å². The predicted octanol–water partition coefficient (Wildman–Crippen LogP) is 1.51.